The summed E-state index contributed by atoms with van der Waals surface area (Å²) in [6.07, 6.45) is 0. The average molecular weight is 261 g/mol. The molecule has 0 aliphatic carbocycles. The molecule has 0 heterocycles. The van der Waals surface area contributed by atoms with Crippen molar-refractivity contribution in [2.45, 2.75) is 10.6 Å². The van der Waals surface area contributed by atoms with E-state index >= 15 is 0 Å². The summed E-state index contributed by atoms with van der Waals surface area (Å²) in [6, 6.07) is 12.5. The Morgan fingerprint density at radius 1 is 1.06 bits per heavy atom. The molecule has 0 bridgehead atoms. The van der Waals surface area contributed by atoms with Crippen molar-refractivity contribution < 1.29 is 8.78 Å². The third-order valence-electron chi connectivity index (χ3n) is 2.39. The zero-order chi connectivity index (χ0) is 13.0. The summed E-state index contributed by atoms with van der Waals surface area (Å²) in [5, 5.41) is 8.74. The van der Waals surface area contributed by atoms with Crippen molar-refractivity contribution in [1.29, 1.82) is 5.26 Å². The predicted octanol–water partition coefficient (Wildman–Crippen LogP) is 4.13. The second-order valence-corrected chi connectivity index (χ2v) is 4.65. The Labute approximate surface area is 108 Å². The number of hydrogen-bond donors (Lipinski definition) is 0. The second kappa shape index (κ2) is 5.65. The van der Waals surface area contributed by atoms with Crippen LogP contribution in [-0.4, -0.2) is 0 Å². The molecule has 0 aliphatic rings. The minimum absolute atomic E-state index is 0.294. The molecule has 0 fully saturated rings. The van der Waals surface area contributed by atoms with Crippen LogP contribution in [0.4, 0.5) is 8.78 Å². The van der Waals surface area contributed by atoms with E-state index in [4.69, 9.17) is 5.26 Å². The highest BCUT2D eigenvalue weighted by molar-refractivity contribution is 7.98. The molecule has 0 aromatic heterocycles. The van der Waals surface area contributed by atoms with E-state index in [-0.39, 0.29) is 11.6 Å². The van der Waals surface area contributed by atoms with Crippen LogP contribution in [0.25, 0.3) is 0 Å². The van der Waals surface area contributed by atoms with Gasteiger partial charge in [-0.2, -0.15) is 5.26 Å². The Balaban J connectivity index is 2.16. The molecule has 0 aliphatic heterocycles. The van der Waals surface area contributed by atoms with Crippen LogP contribution in [0.1, 0.15) is 11.1 Å². The third-order valence-corrected chi connectivity index (χ3v) is 3.49. The van der Waals surface area contributed by atoms with Crippen LogP contribution in [0.15, 0.2) is 47.4 Å². The Hall–Kier alpha value is -1.86. The van der Waals surface area contributed by atoms with E-state index in [2.05, 4.69) is 0 Å². The highest BCUT2D eigenvalue weighted by Crippen LogP contribution is 2.26. The van der Waals surface area contributed by atoms with E-state index < -0.39 is 0 Å². The zero-order valence-corrected chi connectivity index (χ0v) is 10.2. The monoisotopic (exact) mass is 261 g/mol. The molecule has 2 aromatic rings. The van der Waals surface area contributed by atoms with Crippen LogP contribution in [0.3, 0.4) is 0 Å². The first-order chi connectivity index (χ1) is 8.70. The number of halogens is 2. The fourth-order valence-corrected chi connectivity index (χ4v) is 2.39. The Kier molecular flexibility index (Phi) is 3.96. The molecule has 0 atom stereocenters. The molecule has 18 heavy (non-hydrogen) atoms. The molecular weight excluding hydrogens is 252 g/mol. The van der Waals surface area contributed by atoms with Gasteiger partial charge in [-0.15, -0.1) is 11.8 Å². The Bertz CT molecular complexity index is 605. The largest absolute Gasteiger partial charge is 0.207 e. The summed E-state index contributed by atoms with van der Waals surface area (Å²) in [5.74, 6) is -0.403. The molecule has 0 N–H and O–H groups in total. The Morgan fingerprint density at radius 3 is 2.56 bits per heavy atom. The van der Waals surface area contributed by atoms with Crippen LogP contribution in [-0.2, 0) is 5.75 Å². The minimum Gasteiger partial charge on any atom is -0.207 e. The second-order valence-electron chi connectivity index (χ2n) is 3.64. The summed E-state index contributed by atoms with van der Waals surface area (Å²) in [4.78, 5) is 0.472. The molecule has 0 saturated heterocycles. The summed E-state index contributed by atoms with van der Waals surface area (Å²) in [6.45, 7) is 0. The molecule has 2 rings (SSSR count). The summed E-state index contributed by atoms with van der Waals surface area (Å²) in [7, 11) is 0. The maximum absolute atomic E-state index is 13.5. The molecule has 90 valence electrons. The van der Waals surface area contributed by atoms with Crippen molar-refractivity contribution in [2.24, 2.45) is 0 Å². The lowest BCUT2D eigenvalue weighted by molar-refractivity contribution is 0.601. The zero-order valence-electron chi connectivity index (χ0n) is 9.36. The molecule has 1 nitrogen and oxygen atoms in total. The van der Waals surface area contributed by atoms with E-state index in [0.717, 1.165) is 0 Å². The first kappa shape index (κ1) is 12.6. The number of benzene rings is 2. The van der Waals surface area contributed by atoms with E-state index in [1.165, 1.54) is 36.0 Å². The van der Waals surface area contributed by atoms with Gasteiger partial charge < -0.3 is 0 Å². The molecule has 2 aromatic carbocycles. The maximum Gasteiger partial charge on any atom is 0.136 e. The first-order valence-electron chi connectivity index (χ1n) is 5.26. The van der Waals surface area contributed by atoms with Crippen LogP contribution in [0.2, 0.25) is 0 Å². The lowest BCUT2D eigenvalue weighted by atomic mass is 10.1. The van der Waals surface area contributed by atoms with Crippen LogP contribution in [0, 0.1) is 23.0 Å². The van der Waals surface area contributed by atoms with Crippen molar-refractivity contribution in [3.05, 3.63) is 65.2 Å². The van der Waals surface area contributed by atoms with Crippen molar-refractivity contribution >= 4 is 11.8 Å². The highest BCUT2D eigenvalue weighted by Gasteiger charge is 2.06. The van der Waals surface area contributed by atoms with Gasteiger partial charge in [0.2, 0.25) is 0 Å². The van der Waals surface area contributed by atoms with Crippen LogP contribution < -0.4 is 0 Å². The highest BCUT2D eigenvalue weighted by atomic mass is 32.2. The van der Waals surface area contributed by atoms with Crippen LogP contribution >= 0.6 is 11.8 Å². The fraction of sp³-hybridized carbons (Fsp3) is 0.0714. The summed E-state index contributed by atoms with van der Waals surface area (Å²) >= 11 is 1.21. The number of nitrogens with zero attached hydrogens (tertiary/aromatic N) is 1. The molecule has 0 spiro atoms. The summed E-state index contributed by atoms with van der Waals surface area (Å²) in [5.41, 5.74) is 0.808. The minimum atomic E-state index is -0.377. The van der Waals surface area contributed by atoms with Crippen molar-refractivity contribution in [3.8, 4) is 6.07 Å². The lowest BCUT2D eigenvalue weighted by Crippen LogP contribution is -1.90. The van der Waals surface area contributed by atoms with Crippen LogP contribution in [0.5, 0.6) is 0 Å². The lowest BCUT2D eigenvalue weighted by Gasteiger charge is -2.04. The van der Waals surface area contributed by atoms with Gasteiger partial charge in [0.25, 0.3) is 0 Å². The van der Waals surface area contributed by atoms with Crippen molar-refractivity contribution in [1.82, 2.24) is 0 Å². The first-order valence-corrected chi connectivity index (χ1v) is 6.25. The number of rotatable bonds is 3. The van der Waals surface area contributed by atoms with E-state index in [1.807, 2.05) is 6.07 Å². The maximum atomic E-state index is 13.5. The van der Waals surface area contributed by atoms with E-state index in [1.54, 1.807) is 18.2 Å². The average Bonchev–Trinajstić information content (AvgIpc) is 2.39. The van der Waals surface area contributed by atoms with Gasteiger partial charge in [-0.1, -0.05) is 12.1 Å². The normalized spacial score (nSPS) is 10.1. The number of thioether (sulfide) groups is 1. The third kappa shape index (κ3) is 2.88. The van der Waals surface area contributed by atoms with Gasteiger partial charge in [0.05, 0.1) is 11.6 Å². The SMILES string of the molecule is N#Cc1ccc(F)c(CSc2ccccc2F)c1. The molecule has 0 radical (unpaired) electrons. The Morgan fingerprint density at radius 2 is 1.83 bits per heavy atom. The van der Waals surface area contributed by atoms with Crippen molar-refractivity contribution in [3.63, 3.8) is 0 Å². The molecule has 4 heteroatoms. The fourth-order valence-electron chi connectivity index (χ4n) is 1.47. The topological polar surface area (TPSA) is 23.8 Å². The van der Waals surface area contributed by atoms with Gasteiger partial charge in [-0.3, -0.25) is 0 Å². The smallest absolute Gasteiger partial charge is 0.136 e. The van der Waals surface area contributed by atoms with Gasteiger partial charge >= 0.3 is 0 Å². The molecule has 0 saturated carbocycles. The quantitative estimate of drug-likeness (QED) is 0.776. The molecule has 0 unspecified atom stereocenters. The number of nitriles is 1. The van der Waals surface area contributed by atoms with Gasteiger partial charge in [0.1, 0.15) is 11.6 Å². The van der Waals surface area contributed by atoms with E-state index in [0.29, 0.717) is 21.8 Å². The van der Waals surface area contributed by atoms with Gasteiger partial charge in [-0.25, -0.2) is 8.78 Å². The predicted molar refractivity (Wildman–Crippen MR) is 67.1 cm³/mol. The van der Waals surface area contributed by atoms with Gasteiger partial charge in [0, 0.05) is 10.6 Å². The molecular formula is C14H9F2NS. The summed E-state index contributed by atoms with van der Waals surface area (Å²) < 4.78 is 26.9. The van der Waals surface area contributed by atoms with E-state index in [9.17, 15) is 8.78 Å². The van der Waals surface area contributed by atoms with Gasteiger partial charge in [0.15, 0.2) is 0 Å². The van der Waals surface area contributed by atoms with Crippen molar-refractivity contribution in [2.75, 3.05) is 0 Å². The number of hydrogen-bond acceptors (Lipinski definition) is 2. The molecule has 0 amide bonds. The standard InChI is InChI=1S/C14H9F2NS/c15-12-6-5-10(8-17)7-11(12)9-18-14-4-2-1-3-13(14)16/h1-7H,9H2. The van der Waals surface area contributed by atoms with Gasteiger partial charge in [-0.05, 0) is 35.9 Å².